The predicted molar refractivity (Wildman–Crippen MR) is 70.3 cm³/mol. The summed E-state index contributed by atoms with van der Waals surface area (Å²) in [4.78, 5) is 2.53. The summed E-state index contributed by atoms with van der Waals surface area (Å²) in [5.41, 5.74) is 0. The Balaban J connectivity index is 1.99. The van der Waals surface area contributed by atoms with Crippen molar-refractivity contribution in [2.45, 2.75) is 38.6 Å². The number of likely N-dealkylation sites (tertiary alicyclic amines) is 1. The van der Waals surface area contributed by atoms with Gasteiger partial charge in [0, 0.05) is 12.6 Å². The van der Waals surface area contributed by atoms with E-state index in [-0.39, 0.29) is 6.61 Å². The fourth-order valence-corrected chi connectivity index (χ4v) is 2.32. The van der Waals surface area contributed by atoms with Gasteiger partial charge in [0.05, 0.1) is 13.2 Å². The van der Waals surface area contributed by atoms with Crippen LogP contribution in [0.25, 0.3) is 0 Å². The second-order valence-corrected chi connectivity index (χ2v) is 4.71. The van der Waals surface area contributed by atoms with Crippen molar-refractivity contribution >= 4 is 0 Å². The van der Waals surface area contributed by atoms with Gasteiger partial charge in [0.2, 0.25) is 0 Å². The van der Waals surface area contributed by atoms with Gasteiger partial charge in [-0.2, -0.15) is 0 Å². The molecule has 4 nitrogen and oxygen atoms in total. The number of hydrogen-bond acceptors (Lipinski definition) is 4. The topological polar surface area (TPSA) is 44.7 Å². The standard InChI is InChI=1S/C13H28N2O2/c1-2-15-8-3-5-13(6-9-15)14-7-4-11-17-12-10-16/h13-14,16H,2-12H2,1H3. The average Bonchev–Trinajstić information content (AvgIpc) is 2.59. The lowest BCUT2D eigenvalue weighted by Crippen LogP contribution is -2.32. The first-order valence-corrected chi connectivity index (χ1v) is 7.01. The van der Waals surface area contributed by atoms with Gasteiger partial charge < -0.3 is 20.1 Å². The molecule has 1 aliphatic heterocycles. The van der Waals surface area contributed by atoms with Gasteiger partial charge in [-0.05, 0) is 51.9 Å². The molecule has 0 amide bonds. The van der Waals surface area contributed by atoms with E-state index in [4.69, 9.17) is 9.84 Å². The minimum Gasteiger partial charge on any atom is -0.394 e. The van der Waals surface area contributed by atoms with Crippen molar-refractivity contribution in [3.05, 3.63) is 0 Å². The molecule has 1 unspecified atom stereocenters. The Kier molecular flexibility index (Phi) is 8.61. The number of nitrogens with zero attached hydrogens (tertiary/aromatic N) is 1. The molecule has 1 saturated heterocycles. The first-order valence-electron chi connectivity index (χ1n) is 7.01. The highest BCUT2D eigenvalue weighted by Crippen LogP contribution is 2.10. The molecule has 0 spiro atoms. The van der Waals surface area contributed by atoms with Gasteiger partial charge in [0.25, 0.3) is 0 Å². The van der Waals surface area contributed by atoms with E-state index in [1.54, 1.807) is 0 Å². The van der Waals surface area contributed by atoms with Crippen LogP contribution in [0.2, 0.25) is 0 Å². The van der Waals surface area contributed by atoms with Crippen molar-refractivity contribution in [1.82, 2.24) is 10.2 Å². The van der Waals surface area contributed by atoms with Crippen LogP contribution < -0.4 is 5.32 Å². The van der Waals surface area contributed by atoms with E-state index >= 15 is 0 Å². The minimum atomic E-state index is 0.128. The van der Waals surface area contributed by atoms with Gasteiger partial charge in [-0.15, -0.1) is 0 Å². The van der Waals surface area contributed by atoms with Crippen LogP contribution in [0.3, 0.4) is 0 Å². The van der Waals surface area contributed by atoms with Crippen LogP contribution in [0, 0.1) is 0 Å². The van der Waals surface area contributed by atoms with Crippen LogP contribution >= 0.6 is 0 Å². The van der Waals surface area contributed by atoms with Gasteiger partial charge >= 0.3 is 0 Å². The molecule has 1 aliphatic rings. The highest BCUT2D eigenvalue weighted by Gasteiger charge is 2.14. The molecular formula is C13H28N2O2. The maximum atomic E-state index is 8.56. The minimum absolute atomic E-state index is 0.128. The summed E-state index contributed by atoms with van der Waals surface area (Å²) in [5.74, 6) is 0. The molecule has 1 heterocycles. The summed E-state index contributed by atoms with van der Waals surface area (Å²) in [5, 5.41) is 12.2. The zero-order chi connectivity index (χ0) is 12.3. The lowest BCUT2D eigenvalue weighted by molar-refractivity contribution is 0.0903. The van der Waals surface area contributed by atoms with Crippen molar-refractivity contribution in [3.8, 4) is 0 Å². The zero-order valence-electron chi connectivity index (χ0n) is 11.2. The Morgan fingerprint density at radius 3 is 2.94 bits per heavy atom. The molecule has 0 aromatic carbocycles. The molecule has 0 aromatic rings. The van der Waals surface area contributed by atoms with E-state index in [9.17, 15) is 0 Å². The molecule has 0 radical (unpaired) electrons. The maximum absolute atomic E-state index is 8.56. The molecule has 1 atom stereocenters. The lowest BCUT2D eigenvalue weighted by atomic mass is 10.1. The molecule has 102 valence electrons. The van der Waals surface area contributed by atoms with E-state index in [1.807, 2.05) is 0 Å². The summed E-state index contributed by atoms with van der Waals surface area (Å²) < 4.78 is 5.23. The summed E-state index contributed by atoms with van der Waals surface area (Å²) in [6, 6.07) is 0.685. The van der Waals surface area contributed by atoms with E-state index in [1.165, 1.54) is 38.9 Å². The van der Waals surface area contributed by atoms with E-state index in [0.29, 0.717) is 12.6 Å². The van der Waals surface area contributed by atoms with E-state index in [0.717, 1.165) is 19.6 Å². The predicted octanol–water partition coefficient (Wildman–Crippen LogP) is 0.849. The van der Waals surface area contributed by atoms with Crippen LogP contribution in [0.4, 0.5) is 0 Å². The second-order valence-electron chi connectivity index (χ2n) is 4.71. The fourth-order valence-electron chi connectivity index (χ4n) is 2.32. The molecule has 17 heavy (non-hydrogen) atoms. The fraction of sp³-hybridized carbons (Fsp3) is 1.00. The molecule has 2 N–H and O–H groups in total. The number of nitrogens with one attached hydrogen (secondary N) is 1. The van der Waals surface area contributed by atoms with Crippen LogP contribution in [0.5, 0.6) is 0 Å². The van der Waals surface area contributed by atoms with Crippen LogP contribution in [-0.2, 0) is 4.74 Å². The molecule has 0 bridgehead atoms. The largest absolute Gasteiger partial charge is 0.394 e. The zero-order valence-corrected chi connectivity index (χ0v) is 11.2. The Morgan fingerprint density at radius 1 is 1.29 bits per heavy atom. The number of aliphatic hydroxyl groups excluding tert-OH is 1. The summed E-state index contributed by atoms with van der Waals surface area (Å²) in [6.07, 6.45) is 4.92. The van der Waals surface area contributed by atoms with E-state index in [2.05, 4.69) is 17.1 Å². The number of rotatable bonds is 8. The van der Waals surface area contributed by atoms with Gasteiger partial charge in [-0.3, -0.25) is 0 Å². The molecule has 1 fully saturated rings. The highest BCUT2D eigenvalue weighted by molar-refractivity contribution is 4.74. The van der Waals surface area contributed by atoms with Crippen molar-refractivity contribution in [2.24, 2.45) is 0 Å². The normalized spacial score (nSPS) is 22.6. The Labute approximate surface area is 105 Å². The smallest absolute Gasteiger partial charge is 0.0697 e. The molecule has 4 heteroatoms. The molecule has 0 aliphatic carbocycles. The second kappa shape index (κ2) is 9.83. The Bertz CT molecular complexity index is 179. The lowest BCUT2D eigenvalue weighted by Gasteiger charge is -2.18. The first-order chi connectivity index (χ1) is 8.36. The number of ether oxygens (including phenoxy) is 1. The van der Waals surface area contributed by atoms with Crippen LogP contribution in [-0.4, -0.2) is 62.0 Å². The summed E-state index contributed by atoms with van der Waals surface area (Å²) in [6.45, 7) is 8.29. The monoisotopic (exact) mass is 244 g/mol. The summed E-state index contributed by atoms with van der Waals surface area (Å²) in [7, 11) is 0. The van der Waals surface area contributed by atoms with Crippen LogP contribution in [0.15, 0.2) is 0 Å². The Morgan fingerprint density at radius 2 is 2.18 bits per heavy atom. The Hall–Kier alpha value is -0.160. The van der Waals surface area contributed by atoms with Crippen molar-refractivity contribution < 1.29 is 9.84 Å². The van der Waals surface area contributed by atoms with Gasteiger partial charge in [-0.25, -0.2) is 0 Å². The van der Waals surface area contributed by atoms with Crippen molar-refractivity contribution in [2.75, 3.05) is 46.0 Å². The summed E-state index contributed by atoms with van der Waals surface area (Å²) >= 11 is 0. The first kappa shape index (κ1) is 14.9. The van der Waals surface area contributed by atoms with Crippen LogP contribution in [0.1, 0.15) is 32.6 Å². The number of hydrogen-bond donors (Lipinski definition) is 2. The highest BCUT2D eigenvalue weighted by atomic mass is 16.5. The van der Waals surface area contributed by atoms with Crippen molar-refractivity contribution in [3.63, 3.8) is 0 Å². The molecule has 1 rings (SSSR count). The molecule has 0 saturated carbocycles. The average molecular weight is 244 g/mol. The SMILES string of the molecule is CCN1CCCC(NCCCOCCO)CC1. The number of aliphatic hydroxyl groups is 1. The molecular weight excluding hydrogens is 216 g/mol. The van der Waals surface area contributed by atoms with Gasteiger partial charge in [0.1, 0.15) is 0 Å². The quantitative estimate of drug-likeness (QED) is 0.621. The van der Waals surface area contributed by atoms with Gasteiger partial charge in [0.15, 0.2) is 0 Å². The van der Waals surface area contributed by atoms with Gasteiger partial charge in [-0.1, -0.05) is 6.92 Å². The van der Waals surface area contributed by atoms with Crippen molar-refractivity contribution in [1.29, 1.82) is 0 Å². The molecule has 0 aromatic heterocycles. The third-order valence-electron chi connectivity index (χ3n) is 3.40. The third kappa shape index (κ3) is 6.99. The van der Waals surface area contributed by atoms with E-state index < -0.39 is 0 Å². The maximum Gasteiger partial charge on any atom is 0.0697 e. The third-order valence-corrected chi connectivity index (χ3v) is 3.40.